The predicted octanol–water partition coefficient (Wildman–Crippen LogP) is 5.13. The molecular formula is C16H11Br2FN4. The summed E-state index contributed by atoms with van der Waals surface area (Å²) in [6.07, 6.45) is 0. The number of anilines is 3. The molecule has 0 fully saturated rings. The van der Waals surface area contributed by atoms with Crippen LogP contribution in [0.2, 0.25) is 0 Å². The molecule has 3 rings (SSSR count). The van der Waals surface area contributed by atoms with Crippen molar-refractivity contribution in [3.63, 3.8) is 0 Å². The zero-order valence-electron chi connectivity index (χ0n) is 11.7. The lowest BCUT2D eigenvalue weighted by Gasteiger charge is -2.10. The van der Waals surface area contributed by atoms with E-state index in [-0.39, 0.29) is 17.5 Å². The smallest absolute Gasteiger partial charge is 0.229 e. The lowest BCUT2D eigenvalue weighted by atomic mass is 10.1. The first-order valence-electron chi connectivity index (χ1n) is 6.64. The van der Waals surface area contributed by atoms with Crippen LogP contribution in [0.1, 0.15) is 0 Å². The largest absolute Gasteiger partial charge is 0.381 e. The van der Waals surface area contributed by atoms with Crippen LogP contribution in [-0.4, -0.2) is 9.97 Å². The van der Waals surface area contributed by atoms with E-state index in [1.165, 1.54) is 0 Å². The molecular weight excluding hydrogens is 427 g/mol. The van der Waals surface area contributed by atoms with Gasteiger partial charge in [-0.15, -0.1) is 0 Å². The van der Waals surface area contributed by atoms with Crippen LogP contribution in [0.5, 0.6) is 0 Å². The Labute approximate surface area is 149 Å². The lowest BCUT2D eigenvalue weighted by molar-refractivity contribution is 0.625. The van der Waals surface area contributed by atoms with Crippen molar-refractivity contribution in [3.05, 3.63) is 63.3 Å². The van der Waals surface area contributed by atoms with Crippen molar-refractivity contribution >= 4 is 49.3 Å². The van der Waals surface area contributed by atoms with Crippen LogP contribution in [0.3, 0.4) is 0 Å². The Morgan fingerprint density at radius 3 is 2.35 bits per heavy atom. The zero-order chi connectivity index (χ0) is 16.4. The Morgan fingerprint density at radius 1 is 0.957 bits per heavy atom. The minimum absolute atomic E-state index is 0.149. The summed E-state index contributed by atoms with van der Waals surface area (Å²) < 4.78 is 16.0. The van der Waals surface area contributed by atoms with Gasteiger partial charge in [0, 0.05) is 20.2 Å². The van der Waals surface area contributed by atoms with Crippen molar-refractivity contribution in [3.8, 4) is 11.3 Å². The molecule has 116 valence electrons. The van der Waals surface area contributed by atoms with Crippen LogP contribution in [0, 0.1) is 5.82 Å². The highest BCUT2D eigenvalue weighted by Gasteiger charge is 2.14. The van der Waals surface area contributed by atoms with E-state index in [4.69, 9.17) is 5.73 Å². The van der Waals surface area contributed by atoms with Gasteiger partial charge >= 0.3 is 0 Å². The molecule has 2 aromatic carbocycles. The fourth-order valence-corrected chi connectivity index (χ4v) is 2.84. The van der Waals surface area contributed by atoms with Crippen molar-refractivity contribution in [2.75, 3.05) is 11.1 Å². The first-order chi connectivity index (χ1) is 11.0. The second kappa shape index (κ2) is 6.64. The molecule has 0 spiro atoms. The van der Waals surface area contributed by atoms with E-state index in [1.54, 1.807) is 18.2 Å². The molecule has 0 saturated heterocycles. The number of nitrogens with zero attached hydrogens (tertiary/aromatic N) is 2. The number of nitrogen functional groups attached to an aromatic ring is 1. The minimum atomic E-state index is -0.636. The van der Waals surface area contributed by atoms with E-state index >= 15 is 0 Å². The number of hydrogen-bond acceptors (Lipinski definition) is 4. The standard InChI is InChI=1S/C16H11Br2FN4/c17-10-4-1-3-9(7-10)14-13(19)15(20)23-16(22-14)21-12-6-2-5-11(18)8-12/h1-8H,(H3,20,21,22,23). The Balaban J connectivity index is 2.03. The van der Waals surface area contributed by atoms with Gasteiger partial charge < -0.3 is 11.1 Å². The van der Waals surface area contributed by atoms with Gasteiger partial charge in [0.2, 0.25) is 5.95 Å². The van der Waals surface area contributed by atoms with E-state index in [0.29, 0.717) is 5.56 Å². The normalized spacial score (nSPS) is 10.6. The highest BCUT2D eigenvalue weighted by atomic mass is 79.9. The minimum Gasteiger partial charge on any atom is -0.381 e. The Bertz CT molecular complexity index is 870. The zero-order valence-corrected chi connectivity index (χ0v) is 14.9. The first-order valence-corrected chi connectivity index (χ1v) is 8.23. The van der Waals surface area contributed by atoms with Gasteiger partial charge in [-0.3, -0.25) is 0 Å². The third-order valence-electron chi connectivity index (χ3n) is 3.06. The summed E-state index contributed by atoms with van der Waals surface area (Å²) in [7, 11) is 0. The number of nitrogens with one attached hydrogen (secondary N) is 1. The van der Waals surface area contributed by atoms with E-state index in [9.17, 15) is 4.39 Å². The molecule has 0 bridgehead atoms. The molecule has 0 unspecified atom stereocenters. The third-order valence-corrected chi connectivity index (χ3v) is 4.04. The van der Waals surface area contributed by atoms with Gasteiger partial charge in [0.15, 0.2) is 11.6 Å². The van der Waals surface area contributed by atoms with Gasteiger partial charge in [-0.05, 0) is 30.3 Å². The second-order valence-electron chi connectivity index (χ2n) is 4.74. The van der Waals surface area contributed by atoms with Crippen LogP contribution in [0.4, 0.5) is 21.8 Å². The van der Waals surface area contributed by atoms with E-state index in [1.807, 2.05) is 30.3 Å². The summed E-state index contributed by atoms with van der Waals surface area (Å²) in [5.41, 5.74) is 7.23. The maximum Gasteiger partial charge on any atom is 0.229 e. The van der Waals surface area contributed by atoms with Gasteiger partial charge in [0.05, 0.1) is 0 Å². The maximum atomic E-state index is 14.3. The number of aromatic nitrogens is 2. The van der Waals surface area contributed by atoms with Crippen molar-refractivity contribution in [1.29, 1.82) is 0 Å². The van der Waals surface area contributed by atoms with Crippen LogP contribution in [0.15, 0.2) is 57.5 Å². The molecule has 0 amide bonds. The number of rotatable bonds is 3. The molecule has 3 aromatic rings. The Hall–Kier alpha value is -1.99. The van der Waals surface area contributed by atoms with E-state index in [0.717, 1.165) is 14.6 Å². The summed E-state index contributed by atoms with van der Waals surface area (Å²) >= 11 is 6.75. The van der Waals surface area contributed by atoms with Gasteiger partial charge in [-0.25, -0.2) is 9.37 Å². The van der Waals surface area contributed by atoms with Crippen LogP contribution in [-0.2, 0) is 0 Å². The van der Waals surface area contributed by atoms with Crippen molar-refractivity contribution in [1.82, 2.24) is 9.97 Å². The molecule has 23 heavy (non-hydrogen) atoms. The highest BCUT2D eigenvalue weighted by molar-refractivity contribution is 9.10. The second-order valence-corrected chi connectivity index (χ2v) is 6.57. The Morgan fingerprint density at radius 2 is 1.65 bits per heavy atom. The van der Waals surface area contributed by atoms with Gasteiger partial charge in [-0.2, -0.15) is 4.98 Å². The number of benzene rings is 2. The quantitative estimate of drug-likeness (QED) is 0.595. The molecule has 0 aliphatic heterocycles. The van der Waals surface area contributed by atoms with Crippen molar-refractivity contribution < 1.29 is 4.39 Å². The molecule has 0 saturated carbocycles. The molecule has 3 N–H and O–H groups in total. The molecule has 0 aliphatic carbocycles. The Kier molecular flexibility index (Phi) is 4.58. The fraction of sp³-hybridized carbons (Fsp3) is 0. The highest BCUT2D eigenvalue weighted by Crippen LogP contribution is 2.28. The number of nitrogens with two attached hydrogens (primary N) is 1. The summed E-state index contributed by atoms with van der Waals surface area (Å²) in [4.78, 5) is 8.22. The van der Waals surface area contributed by atoms with Gasteiger partial charge in [0.1, 0.15) is 5.69 Å². The summed E-state index contributed by atoms with van der Waals surface area (Å²) in [5, 5.41) is 3.03. The van der Waals surface area contributed by atoms with Crippen molar-refractivity contribution in [2.45, 2.75) is 0 Å². The molecule has 1 heterocycles. The molecule has 0 atom stereocenters. The predicted molar refractivity (Wildman–Crippen MR) is 97.0 cm³/mol. The van der Waals surface area contributed by atoms with Gasteiger partial charge in [-0.1, -0.05) is 50.1 Å². The lowest BCUT2D eigenvalue weighted by Crippen LogP contribution is -2.05. The summed E-state index contributed by atoms with van der Waals surface area (Å²) in [6, 6.07) is 14.7. The molecule has 0 radical (unpaired) electrons. The van der Waals surface area contributed by atoms with Crippen LogP contribution in [0.25, 0.3) is 11.3 Å². The summed E-state index contributed by atoms with van der Waals surface area (Å²) in [6.45, 7) is 0. The van der Waals surface area contributed by atoms with Crippen molar-refractivity contribution in [2.24, 2.45) is 0 Å². The monoisotopic (exact) mass is 436 g/mol. The van der Waals surface area contributed by atoms with Crippen LogP contribution >= 0.6 is 31.9 Å². The molecule has 4 nitrogen and oxygen atoms in total. The van der Waals surface area contributed by atoms with E-state index < -0.39 is 5.82 Å². The average molecular weight is 438 g/mol. The van der Waals surface area contributed by atoms with Crippen LogP contribution < -0.4 is 11.1 Å². The fourth-order valence-electron chi connectivity index (χ4n) is 2.04. The first kappa shape index (κ1) is 15.9. The average Bonchev–Trinajstić information content (AvgIpc) is 2.51. The molecule has 0 aliphatic rings. The van der Waals surface area contributed by atoms with Gasteiger partial charge in [0.25, 0.3) is 0 Å². The topological polar surface area (TPSA) is 63.8 Å². The molecule has 1 aromatic heterocycles. The van der Waals surface area contributed by atoms with E-state index in [2.05, 4.69) is 47.1 Å². The number of hydrogen-bond donors (Lipinski definition) is 2. The maximum absolute atomic E-state index is 14.3. The third kappa shape index (κ3) is 3.68. The number of halogens is 3. The molecule has 7 heteroatoms. The summed E-state index contributed by atoms with van der Waals surface area (Å²) in [5.74, 6) is -0.604. The SMILES string of the molecule is Nc1nc(Nc2cccc(Br)c2)nc(-c2cccc(Br)c2)c1F.